The maximum Gasteiger partial charge on any atom is 0.255 e. The van der Waals surface area contributed by atoms with Gasteiger partial charge in [0.2, 0.25) is 5.91 Å². The van der Waals surface area contributed by atoms with Gasteiger partial charge in [0.15, 0.2) is 5.82 Å². The van der Waals surface area contributed by atoms with Crippen LogP contribution in [0.2, 0.25) is 0 Å². The number of benzene rings is 2. The van der Waals surface area contributed by atoms with E-state index in [1.807, 2.05) is 0 Å². The van der Waals surface area contributed by atoms with Gasteiger partial charge in [-0.3, -0.25) is 9.59 Å². The van der Waals surface area contributed by atoms with Gasteiger partial charge >= 0.3 is 0 Å². The Bertz CT molecular complexity index is 1150. The zero-order valence-corrected chi connectivity index (χ0v) is 16.1. The Labute approximate surface area is 171 Å². The summed E-state index contributed by atoms with van der Waals surface area (Å²) in [6.07, 6.45) is 3.34. The molecule has 0 radical (unpaired) electrons. The average molecular weight is 402 g/mol. The summed E-state index contributed by atoms with van der Waals surface area (Å²) >= 11 is 0. The molecule has 30 heavy (non-hydrogen) atoms. The van der Waals surface area contributed by atoms with Crippen LogP contribution in [0.4, 0.5) is 11.4 Å². The lowest BCUT2D eigenvalue weighted by atomic mass is 10.2. The predicted molar refractivity (Wildman–Crippen MR) is 111 cm³/mol. The summed E-state index contributed by atoms with van der Waals surface area (Å²) in [4.78, 5) is 32.9. The third-order valence-electron chi connectivity index (χ3n) is 4.26. The van der Waals surface area contributed by atoms with Gasteiger partial charge in [0, 0.05) is 29.3 Å². The molecule has 0 aliphatic carbocycles. The van der Waals surface area contributed by atoms with Crippen molar-refractivity contribution in [1.82, 2.24) is 19.6 Å². The first-order valence-corrected chi connectivity index (χ1v) is 9.12. The van der Waals surface area contributed by atoms with E-state index in [1.54, 1.807) is 74.1 Å². The highest BCUT2D eigenvalue weighted by molar-refractivity contribution is 6.04. The van der Waals surface area contributed by atoms with Crippen molar-refractivity contribution in [3.8, 4) is 5.75 Å². The molecule has 2 N–H and O–H groups in total. The van der Waals surface area contributed by atoms with Crippen LogP contribution in [0.15, 0.2) is 67.0 Å². The smallest absolute Gasteiger partial charge is 0.255 e. The lowest BCUT2D eigenvalue weighted by molar-refractivity contribution is -0.115. The fourth-order valence-electron chi connectivity index (χ4n) is 2.78. The number of amides is 2. The molecule has 0 unspecified atom stereocenters. The first kappa shape index (κ1) is 19.1. The maximum atomic E-state index is 12.4. The molecular formula is C21H18N6O3. The largest absolute Gasteiger partial charge is 0.497 e. The summed E-state index contributed by atoms with van der Waals surface area (Å²) in [6.45, 7) is 0. The lowest BCUT2D eigenvalue weighted by Crippen LogP contribution is -2.16. The number of hydrogen-bond donors (Lipinski definition) is 2. The van der Waals surface area contributed by atoms with Gasteiger partial charge in [-0.2, -0.15) is 4.98 Å². The molecule has 0 spiro atoms. The van der Waals surface area contributed by atoms with Gasteiger partial charge in [0.25, 0.3) is 11.7 Å². The molecule has 0 saturated heterocycles. The van der Waals surface area contributed by atoms with Crippen LogP contribution >= 0.6 is 0 Å². The van der Waals surface area contributed by atoms with Crippen LogP contribution in [-0.2, 0) is 11.2 Å². The van der Waals surface area contributed by atoms with E-state index in [0.717, 1.165) is 0 Å². The number of fused-ring (bicyclic) bond motifs is 1. The molecule has 0 aliphatic heterocycles. The Morgan fingerprint density at radius 2 is 1.70 bits per heavy atom. The van der Waals surface area contributed by atoms with Crippen molar-refractivity contribution in [2.45, 2.75) is 6.42 Å². The fraction of sp³-hybridized carbons (Fsp3) is 0.0952. The zero-order valence-electron chi connectivity index (χ0n) is 16.1. The van der Waals surface area contributed by atoms with Crippen LogP contribution in [0, 0.1) is 0 Å². The van der Waals surface area contributed by atoms with Gasteiger partial charge in [-0.05, 0) is 54.6 Å². The number of rotatable bonds is 6. The average Bonchev–Trinajstić information content (AvgIpc) is 3.16. The number of nitrogens with one attached hydrogen (secondary N) is 2. The van der Waals surface area contributed by atoms with E-state index in [0.29, 0.717) is 34.3 Å². The van der Waals surface area contributed by atoms with Gasteiger partial charge in [0.05, 0.1) is 13.5 Å². The number of hydrogen-bond acceptors (Lipinski definition) is 6. The van der Waals surface area contributed by atoms with Crippen LogP contribution in [-0.4, -0.2) is 38.5 Å². The fourth-order valence-corrected chi connectivity index (χ4v) is 2.78. The second-order valence-corrected chi connectivity index (χ2v) is 6.38. The molecule has 0 aliphatic rings. The number of carbonyl (C=O) groups excluding carboxylic acids is 2. The standard InChI is InChI=1S/C21H18N6O3/c1-30-17-9-7-16(8-10-17)24-20(29)14-3-5-15(6-4-14)23-19(28)13-18-25-21-22-11-2-12-27(21)26-18/h2-12H,13H2,1H3,(H,23,28)(H,24,29). The highest BCUT2D eigenvalue weighted by atomic mass is 16.5. The quantitative estimate of drug-likeness (QED) is 0.513. The van der Waals surface area contributed by atoms with Crippen molar-refractivity contribution in [2.24, 2.45) is 0 Å². The maximum absolute atomic E-state index is 12.4. The minimum atomic E-state index is -0.263. The Morgan fingerprint density at radius 3 is 2.40 bits per heavy atom. The van der Waals surface area contributed by atoms with E-state index in [-0.39, 0.29) is 18.2 Å². The van der Waals surface area contributed by atoms with E-state index in [2.05, 4.69) is 25.7 Å². The molecule has 2 aromatic carbocycles. The third-order valence-corrected chi connectivity index (χ3v) is 4.26. The molecule has 9 heteroatoms. The summed E-state index contributed by atoms with van der Waals surface area (Å²) < 4.78 is 6.61. The number of anilines is 2. The third kappa shape index (κ3) is 4.41. The van der Waals surface area contributed by atoms with Crippen LogP contribution in [0.1, 0.15) is 16.2 Å². The first-order valence-electron chi connectivity index (χ1n) is 9.12. The summed E-state index contributed by atoms with van der Waals surface area (Å²) in [5.41, 5.74) is 1.70. The van der Waals surface area contributed by atoms with E-state index >= 15 is 0 Å². The number of aromatic nitrogens is 4. The van der Waals surface area contributed by atoms with E-state index in [4.69, 9.17) is 4.74 Å². The van der Waals surface area contributed by atoms with Crippen molar-refractivity contribution in [3.05, 3.63) is 78.4 Å². The van der Waals surface area contributed by atoms with Crippen LogP contribution in [0.3, 0.4) is 0 Å². The second-order valence-electron chi connectivity index (χ2n) is 6.38. The van der Waals surface area contributed by atoms with Crippen molar-refractivity contribution >= 4 is 29.0 Å². The minimum absolute atomic E-state index is 0.0169. The number of ether oxygens (including phenoxy) is 1. The monoisotopic (exact) mass is 402 g/mol. The van der Waals surface area contributed by atoms with Gasteiger partial charge in [-0.15, -0.1) is 5.10 Å². The topological polar surface area (TPSA) is 111 Å². The molecule has 0 fully saturated rings. The lowest BCUT2D eigenvalue weighted by Gasteiger charge is -2.08. The Morgan fingerprint density at radius 1 is 1.00 bits per heavy atom. The van der Waals surface area contributed by atoms with Crippen molar-refractivity contribution in [2.75, 3.05) is 17.7 Å². The van der Waals surface area contributed by atoms with Gasteiger partial charge in [-0.1, -0.05) is 0 Å². The normalized spacial score (nSPS) is 10.6. The van der Waals surface area contributed by atoms with Crippen LogP contribution in [0.25, 0.3) is 5.78 Å². The predicted octanol–water partition coefficient (Wildman–Crippen LogP) is 2.57. The van der Waals surface area contributed by atoms with E-state index in [9.17, 15) is 9.59 Å². The molecule has 0 saturated carbocycles. The summed E-state index contributed by atoms with van der Waals surface area (Å²) in [5.74, 6) is 1.01. The summed E-state index contributed by atoms with van der Waals surface area (Å²) in [6, 6.07) is 15.4. The molecule has 9 nitrogen and oxygen atoms in total. The molecular weight excluding hydrogens is 384 g/mol. The van der Waals surface area contributed by atoms with Gasteiger partial charge in [-0.25, -0.2) is 9.50 Å². The minimum Gasteiger partial charge on any atom is -0.497 e. The van der Waals surface area contributed by atoms with Crippen molar-refractivity contribution in [3.63, 3.8) is 0 Å². The molecule has 2 heterocycles. The Hall–Kier alpha value is -4.27. The van der Waals surface area contributed by atoms with E-state index in [1.165, 1.54) is 4.52 Å². The van der Waals surface area contributed by atoms with Crippen molar-refractivity contribution in [1.29, 1.82) is 0 Å². The molecule has 150 valence electrons. The van der Waals surface area contributed by atoms with Crippen molar-refractivity contribution < 1.29 is 14.3 Å². The number of carbonyl (C=O) groups is 2. The highest BCUT2D eigenvalue weighted by Gasteiger charge is 2.11. The van der Waals surface area contributed by atoms with E-state index < -0.39 is 0 Å². The molecule has 4 aromatic rings. The first-order chi connectivity index (χ1) is 14.6. The highest BCUT2D eigenvalue weighted by Crippen LogP contribution is 2.17. The molecule has 2 aromatic heterocycles. The summed E-state index contributed by atoms with van der Waals surface area (Å²) in [5, 5.41) is 9.78. The van der Waals surface area contributed by atoms with Crippen LogP contribution < -0.4 is 15.4 Å². The second kappa shape index (κ2) is 8.39. The molecule has 0 atom stereocenters. The number of methoxy groups -OCH3 is 1. The summed E-state index contributed by atoms with van der Waals surface area (Å²) in [7, 11) is 1.58. The van der Waals surface area contributed by atoms with Gasteiger partial charge in [0.1, 0.15) is 5.75 Å². The Kier molecular flexibility index (Phi) is 5.33. The SMILES string of the molecule is COc1ccc(NC(=O)c2ccc(NC(=O)Cc3nc4ncccn4n3)cc2)cc1. The number of nitrogens with zero attached hydrogens (tertiary/aromatic N) is 4. The zero-order chi connectivity index (χ0) is 20.9. The molecule has 2 amide bonds. The van der Waals surface area contributed by atoms with Gasteiger partial charge < -0.3 is 15.4 Å². The Balaban J connectivity index is 1.35. The van der Waals surface area contributed by atoms with Crippen LogP contribution in [0.5, 0.6) is 5.75 Å². The molecule has 0 bridgehead atoms. The molecule has 4 rings (SSSR count).